The summed E-state index contributed by atoms with van der Waals surface area (Å²) in [6.07, 6.45) is 0. The average Bonchev–Trinajstić information content (AvgIpc) is 2.67. The summed E-state index contributed by atoms with van der Waals surface area (Å²) in [5.74, 6) is 0. The first-order valence-corrected chi connectivity index (χ1v) is 7.12. The topological polar surface area (TPSA) is 60.2 Å². The molecule has 0 fully saturated rings. The first kappa shape index (κ1) is 10.4. The van der Waals surface area contributed by atoms with Crippen LogP contribution in [0.3, 0.4) is 0 Å². The van der Waals surface area contributed by atoms with Crippen LogP contribution in [0.25, 0.3) is 4.90 Å². The monoisotopic (exact) mass is 240 g/mol. The first-order chi connectivity index (χ1) is 7.09. The number of hydrogen-bond acceptors (Lipinski definition) is 2. The predicted octanol–water partition coefficient (Wildman–Crippen LogP) is 2.07. The van der Waals surface area contributed by atoms with Gasteiger partial charge < -0.3 is 0 Å². The zero-order chi connectivity index (χ0) is 10.9. The second-order valence-electron chi connectivity index (χ2n) is 3.01. The van der Waals surface area contributed by atoms with Gasteiger partial charge in [-0.15, -0.1) is 0 Å². The second-order valence-corrected chi connectivity index (χ2v) is 6.66. The van der Waals surface area contributed by atoms with Gasteiger partial charge in [-0.1, -0.05) is 18.2 Å². The summed E-state index contributed by atoms with van der Waals surface area (Å²) in [4.78, 5) is 0.964. The molecule has 0 saturated carbocycles. The van der Waals surface area contributed by atoms with Crippen molar-refractivity contribution >= 4 is 20.5 Å². The molecule has 1 atom stereocenters. The maximum absolute atomic E-state index is 11.3. The molecular formula is C10H10NO2S2+. The predicted molar refractivity (Wildman–Crippen MR) is 61.6 cm³/mol. The van der Waals surface area contributed by atoms with Gasteiger partial charge in [0, 0.05) is 16.5 Å². The largest absolute Gasteiger partial charge is 0.287 e. The molecule has 1 aromatic heterocycles. The van der Waals surface area contributed by atoms with Crippen LogP contribution in [0.1, 0.15) is 0 Å². The fourth-order valence-electron chi connectivity index (χ4n) is 1.32. The summed E-state index contributed by atoms with van der Waals surface area (Å²) < 4.78 is 22.9. The number of thiophene rings is 1. The minimum Gasteiger partial charge on any atom is -0.220 e. The van der Waals surface area contributed by atoms with Gasteiger partial charge in [0.2, 0.25) is 0 Å². The van der Waals surface area contributed by atoms with Crippen molar-refractivity contribution in [2.45, 2.75) is 4.21 Å². The van der Waals surface area contributed by atoms with Gasteiger partial charge in [-0.2, -0.15) is 0 Å². The number of nitrogens with two attached hydrogens (primary N) is 1. The van der Waals surface area contributed by atoms with E-state index in [0.717, 1.165) is 4.90 Å². The molecule has 2 aromatic rings. The molecular weight excluding hydrogens is 230 g/mol. The van der Waals surface area contributed by atoms with Gasteiger partial charge in [-0.25, -0.2) is 13.6 Å². The lowest BCUT2D eigenvalue weighted by Crippen LogP contribution is -2.10. The third kappa shape index (κ3) is 2.09. The highest BCUT2D eigenvalue weighted by atomic mass is 32.3. The summed E-state index contributed by atoms with van der Waals surface area (Å²) in [7, 11) is -4.12. The molecule has 0 aliphatic carbocycles. The Morgan fingerprint density at radius 2 is 1.67 bits per heavy atom. The van der Waals surface area contributed by atoms with E-state index >= 15 is 0 Å². The minimum absolute atomic E-state index is 0.286. The Morgan fingerprint density at radius 3 is 2.27 bits per heavy atom. The van der Waals surface area contributed by atoms with Crippen molar-refractivity contribution in [2.75, 3.05) is 0 Å². The van der Waals surface area contributed by atoms with Gasteiger partial charge in [-0.05, 0) is 18.2 Å². The number of sulfonamides is 1. The molecule has 0 aliphatic heterocycles. The normalized spacial score (nSPS) is 12.7. The van der Waals surface area contributed by atoms with Crippen molar-refractivity contribution in [1.82, 2.24) is 0 Å². The standard InChI is InChI=1S/C10H10NO2S2/c11-15(12,13)10-7-4-8-14(10)9-5-2-1-3-6-9/h1-8H,(H2,11,12,13)/q+1. The van der Waals surface area contributed by atoms with Crippen molar-refractivity contribution in [3.05, 3.63) is 47.8 Å². The van der Waals surface area contributed by atoms with E-state index < -0.39 is 20.5 Å². The van der Waals surface area contributed by atoms with E-state index in [4.69, 9.17) is 5.14 Å². The van der Waals surface area contributed by atoms with Gasteiger partial charge in [0.1, 0.15) is 5.38 Å². The molecule has 5 heteroatoms. The van der Waals surface area contributed by atoms with E-state index in [9.17, 15) is 8.42 Å². The molecule has 2 rings (SSSR count). The Balaban J connectivity index is 2.61. The van der Waals surface area contributed by atoms with E-state index in [1.54, 1.807) is 12.1 Å². The Hall–Kier alpha value is -1.17. The van der Waals surface area contributed by atoms with E-state index in [2.05, 4.69) is 0 Å². The summed E-state index contributed by atoms with van der Waals surface area (Å²) >= 11 is 0. The van der Waals surface area contributed by atoms with Gasteiger partial charge in [0.25, 0.3) is 14.2 Å². The number of hydrogen-bond donors (Lipinski definition) is 1. The molecule has 1 unspecified atom stereocenters. The smallest absolute Gasteiger partial charge is 0.220 e. The number of benzene rings is 1. The van der Waals surface area contributed by atoms with Crippen molar-refractivity contribution in [3.8, 4) is 4.90 Å². The van der Waals surface area contributed by atoms with Crippen LogP contribution in [-0.4, -0.2) is 8.42 Å². The summed E-state index contributed by atoms with van der Waals surface area (Å²) in [5.41, 5.74) is 0. The van der Waals surface area contributed by atoms with Crippen LogP contribution in [0.2, 0.25) is 0 Å². The maximum Gasteiger partial charge on any atom is 0.287 e. The van der Waals surface area contributed by atoms with Crippen LogP contribution < -0.4 is 5.14 Å². The molecule has 1 aromatic carbocycles. The molecule has 0 radical (unpaired) electrons. The van der Waals surface area contributed by atoms with E-state index in [0.29, 0.717) is 0 Å². The van der Waals surface area contributed by atoms with Crippen LogP contribution >= 0.6 is 10.5 Å². The van der Waals surface area contributed by atoms with Crippen LogP contribution in [0.5, 0.6) is 0 Å². The van der Waals surface area contributed by atoms with Crippen molar-refractivity contribution in [1.29, 1.82) is 0 Å². The maximum atomic E-state index is 11.3. The molecule has 15 heavy (non-hydrogen) atoms. The Morgan fingerprint density at radius 1 is 1.00 bits per heavy atom. The van der Waals surface area contributed by atoms with Crippen LogP contribution in [0, 0.1) is 0 Å². The fourth-order valence-corrected chi connectivity index (χ4v) is 4.48. The third-order valence-corrected chi connectivity index (χ3v) is 5.65. The van der Waals surface area contributed by atoms with Gasteiger partial charge >= 0.3 is 0 Å². The van der Waals surface area contributed by atoms with Crippen molar-refractivity contribution in [3.63, 3.8) is 0 Å². The van der Waals surface area contributed by atoms with Gasteiger partial charge in [0.15, 0.2) is 4.90 Å². The zero-order valence-electron chi connectivity index (χ0n) is 7.83. The highest BCUT2D eigenvalue weighted by Crippen LogP contribution is 2.37. The summed E-state index contributed by atoms with van der Waals surface area (Å²) in [5, 5.41) is 7.00. The van der Waals surface area contributed by atoms with Crippen molar-refractivity contribution < 1.29 is 8.42 Å². The molecule has 0 aliphatic rings. The van der Waals surface area contributed by atoms with Gasteiger partial charge in [-0.3, -0.25) is 0 Å². The Bertz CT molecular complexity index is 558. The quantitative estimate of drug-likeness (QED) is 0.817. The minimum atomic E-state index is -3.59. The lowest BCUT2D eigenvalue weighted by atomic mass is 10.4. The number of rotatable bonds is 2. The Labute approximate surface area is 91.2 Å². The molecule has 3 nitrogen and oxygen atoms in total. The molecule has 78 valence electrons. The average molecular weight is 240 g/mol. The fraction of sp³-hybridized carbons (Fsp3) is 0. The lowest BCUT2D eigenvalue weighted by molar-refractivity contribution is 0.599. The van der Waals surface area contributed by atoms with Crippen molar-refractivity contribution in [2.24, 2.45) is 5.14 Å². The molecule has 1 heterocycles. The SMILES string of the molecule is NS(=O)(=O)c1ccc[s+]1-c1ccccc1. The van der Waals surface area contributed by atoms with E-state index in [-0.39, 0.29) is 4.21 Å². The number of primary sulfonamides is 1. The molecule has 2 N–H and O–H groups in total. The first-order valence-electron chi connectivity index (χ1n) is 4.28. The molecule has 0 spiro atoms. The van der Waals surface area contributed by atoms with Crippen LogP contribution in [0.4, 0.5) is 0 Å². The lowest BCUT2D eigenvalue weighted by Gasteiger charge is -1.92. The summed E-state index contributed by atoms with van der Waals surface area (Å²) in [6.45, 7) is 0. The van der Waals surface area contributed by atoms with E-state index in [1.165, 1.54) is 0 Å². The summed E-state index contributed by atoms with van der Waals surface area (Å²) in [6, 6.07) is 12.8. The highest BCUT2D eigenvalue weighted by molar-refractivity contribution is 7.92. The molecule has 0 amide bonds. The van der Waals surface area contributed by atoms with Crippen LogP contribution in [-0.2, 0) is 10.0 Å². The van der Waals surface area contributed by atoms with Crippen LogP contribution in [0.15, 0.2) is 52.1 Å². The molecule has 0 bridgehead atoms. The second kappa shape index (κ2) is 3.77. The zero-order valence-corrected chi connectivity index (χ0v) is 9.46. The van der Waals surface area contributed by atoms with E-state index in [1.807, 2.05) is 35.7 Å². The Kier molecular flexibility index (Phi) is 2.60. The highest BCUT2D eigenvalue weighted by Gasteiger charge is 2.24. The third-order valence-electron chi connectivity index (χ3n) is 1.94. The van der Waals surface area contributed by atoms with Gasteiger partial charge in [0.05, 0.1) is 0 Å². The molecule has 0 saturated heterocycles.